The molecule has 2 bridgehead atoms. The molecule has 1 aromatic rings. The number of likely N-dealkylation sites (tertiary alicyclic amines) is 1. The predicted octanol–water partition coefficient (Wildman–Crippen LogP) is 1.64. The largest absolute Gasteiger partial charge is 0.504 e. The first kappa shape index (κ1) is 30.1. The number of carbonyl (C=O) groups excluding carboxylic acids is 2. The summed E-state index contributed by atoms with van der Waals surface area (Å²) in [4.78, 5) is 46.2. The Balaban J connectivity index is 0.000000493. The highest BCUT2D eigenvalue weighted by molar-refractivity contribution is 5.81. The van der Waals surface area contributed by atoms with Crippen LogP contribution in [0.1, 0.15) is 43.7 Å². The first-order valence-corrected chi connectivity index (χ1v) is 12.6. The minimum absolute atomic E-state index is 0.0336. The summed E-state index contributed by atoms with van der Waals surface area (Å²) in [5.41, 5.74) is -0.303. The molecular formula is C26H28F3NO11. The van der Waals surface area contributed by atoms with Gasteiger partial charge in [0.1, 0.15) is 5.76 Å². The van der Waals surface area contributed by atoms with Gasteiger partial charge in [0, 0.05) is 18.0 Å². The van der Waals surface area contributed by atoms with Crippen molar-refractivity contribution >= 4 is 23.9 Å². The third kappa shape index (κ3) is 5.07. The number of piperidine rings is 1. The molecule has 0 radical (unpaired) electrons. The van der Waals surface area contributed by atoms with Crippen molar-refractivity contribution in [2.24, 2.45) is 0 Å². The summed E-state index contributed by atoms with van der Waals surface area (Å²) in [6.07, 6.45) is -4.91. The summed E-state index contributed by atoms with van der Waals surface area (Å²) in [6.45, 7) is 2.04. The number of hydrogen-bond acceptors (Lipinski definition) is 10. The van der Waals surface area contributed by atoms with Gasteiger partial charge in [-0.3, -0.25) is 9.59 Å². The monoisotopic (exact) mass is 587 g/mol. The fourth-order valence-corrected chi connectivity index (χ4v) is 6.15. The molecule has 0 amide bonds. The van der Waals surface area contributed by atoms with Crippen LogP contribution in [0.5, 0.6) is 11.5 Å². The van der Waals surface area contributed by atoms with Crippen LogP contribution in [0.4, 0.5) is 13.2 Å². The smallest absolute Gasteiger partial charge is 0.490 e. The molecule has 0 saturated carbocycles. The van der Waals surface area contributed by atoms with E-state index in [1.807, 2.05) is 13.1 Å². The lowest BCUT2D eigenvalue weighted by atomic mass is 9.50. The van der Waals surface area contributed by atoms with Crippen LogP contribution in [-0.4, -0.2) is 92.8 Å². The van der Waals surface area contributed by atoms with Crippen LogP contribution < -0.4 is 4.74 Å². The second kappa shape index (κ2) is 10.5. The number of carboxylic acids is 2. The van der Waals surface area contributed by atoms with E-state index in [9.17, 15) is 37.8 Å². The zero-order valence-corrected chi connectivity index (χ0v) is 21.9. The van der Waals surface area contributed by atoms with Crippen LogP contribution in [0, 0.1) is 0 Å². The average Bonchev–Trinajstić information content (AvgIpc) is 3.24. The summed E-state index contributed by atoms with van der Waals surface area (Å²) >= 11 is 0. The lowest BCUT2D eigenvalue weighted by Gasteiger charge is -2.61. The SMILES string of the molecule is C[C@H](OC(=O)CCC(=O)O)C(=O)OC1=CC[C@@]2(O)[C@H]3Cc4ccc(O)c5c4[C@@]2(CCN3C)[C@H]1O5.O=C(O)C(F)(F)F. The lowest BCUT2D eigenvalue weighted by Crippen LogP contribution is -2.74. The molecule has 2 aliphatic heterocycles. The highest BCUT2D eigenvalue weighted by Crippen LogP contribution is 2.65. The van der Waals surface area contributed by atoms with Gasteiger partial charge in [-0.15, -0.1) is 0 Å². The van der Waals surface area contributed by atoms with Crippen molar-refractivity contribution in [3.05, 3.63) is 35.1 Å². The minimum atomic E-state index is -5.08. The Kier molecular flexibility index (Phi) is 7.73. The number of alkyl halides is 3. The van der Waals surface area contributed by atoms with E-state index >= 15 is 0 Å². The Morgan fingerprint density at radius 3 is 2.46 bits per heavy atom. The van der Waals surface area contributed by atoms with Crippen LogP contribution in [0.2, 0.25) is 0 Å². The molecule has 0 unspecified atom stereocenters. The number of aliphatic hydroxyl groups is 1. The lowest BCUT2D eigenvalue weighted by molar-refractivity contribution is -0.192. The molecule has 0 aromatic heterocycles. The van der Waals surface area contributed by atoms with Crippen LogP contribution in [0.25, 0.3) is 0 Å². The van der Waals surface area contributed by atoms with E-state index in [-0.39, 0.29) is 30.4 Å². The number of phenolic OH excluding ortho intramolecular Hbond substituents is 1. The van der Waals surface area contributed by atoms with Gasteiger partial charge in [-0.25, -0.2) is 9.59 Å². The molecule has 2 aliphatic carbocycles. The third-order valence-corrected chi connectivity index (χ3v) is 8.00. The van der Waals surface area contributed by atoms with E-state index in [0.29, 0.717) is 25.1 Å². The number of aliphatic carboxylic acids is 2. The second-order valence-electron chi connectivity index (χ2n) is 10.4. The maximum Gasteiger partial charge on any atom is 0.490 e. The Morgan fingerprint density at radius 2 is 1.85 bits per heavy atom. The maximum absolute atomic E-state index is 12.7. The van der Waals surface area contributed by atoms with Gasteiger partial charge in [-0.1, -0.05) is 6.07 Å². The fourth-order valence-electron chi connectivity index (χ4n) is 6.15. The number of nitrogens with zero attached hydrogens (tertiary/aromatic N) is 1. The molecule has 2 heterocycles. The summed E-state index contributed by atoms with van der Waals surface area (Å²) < 4.78 is 48.6. The normalized spacial score (nSPS) is 28.1. The topological polar surface area (TPSA) is 180 Å². The van der Waals surface area contributed by atoms with E-state index < -0.39 is 59.7 Å². The molecule has 5 rings (SSSR count). The van der Waals surface area contributed by atoms with Gasteiger partial charge in [0.2, 0.25) is 0 Å². The molecule has 5 atom stereocenters. The molecule has 1 aromatic carbocycles. The van der Waals surface area contributed by atoms with Crippen molar-refractivity contribution in [3.8, 4) is 11.5 Å². The van der Waals surface area contributed by atoms with E-state index in [1.54, 1.807) is 12.1 Å². The van der Waals surface area contributed by atoms with Crippen molar-refractivity contribution in [2.45, 2.75) is 74.5 Å². The highest BCUT2D eigenvalue weighted by atomic mass is 19.4. The van der Waals surface area contributed by atoms with Gasteiger partial charge >= 0.3 is 30.1 Å². The zero-order chi connectivity index (χ0) is 30.5. The Hall–Kier alpha value is -3.85. The van der Waals surface area contributed by atoms with Gasteiger partial charge in [-0.2, -0.15) is 13.2 Å². The van der Waals surface area contributed by atoms with Gasteiger partial charge < -0.3 is 39.5 Å². The maximum atomic E-state index is 12.7. The number of carboxylic acid groups (broad SMARTS) is 2. The van der Waals surface area contributed by atoms with Crippen molar-refractivity contribution in [2.75, 3.05) is 13.6 Å². The first-order valence-electron chi connectivity index (χ1n) is 12.6. The van der Waals surface area contributed by atoms with E-state index in [0.717, 1.165) is 11.1 Å². The molecule has 4 N–H and O–H groups in total. The molecule has 41 heavy (non-hydrogen) atoms. The molecule has 1 spiro atoms. The number of aromatic hydroxyl groups is 1. The Labute approximate surface area is 230 Å². The van der Waals surface area contributed by atoms with E-state index in [2.05, 4.69) is 4.90 Å². The summed E-state index contributed by atoms with van der Waals surface area (Å²) in [5, 5.41) is 38.4. The number of halogens is 3. The first-order chi connectivity index (χ1) is 19.0. The van der Waals surface area contributed by atoms with Crippen molar-refractivity contribution in [1.29, 1.82) is 0 Å². The standard InChI is InChI=1S/C24H27NO9.C2HF3O2/c1-12(32-18(29)6-5-17(27)28)22(30)33-15-7-8-24(31)16-11-13-3-4-14(26)20-19(13)23(24,21(15)34-20)9-10-25(16)2;3-2(4,5)1(6)7/h3-4,7,12,16,21,26,31H,5-6,8-11H2,1-2H3,(H,27,28);(H,6,7)/t12-,16+,21-,23-,24+;/m0./s1. The van der Waals surface area contributed by atoms with E-state index in [1.165, 1.54) is 6.92 Å². The van der Waals surface area contributed by atoms with Crippen LogP contribution in [0.3, 0.4) is 0 Å². The van der Waals surface area contributed by atoms with Gasteiger partial charge in [0.05, 0.1) is 23.9 Å². The van der Waals surface area contributed by atoms with Gasteiger partial charge in [0.25, 0.3) is 0 Å². The fraction of sp³-hybridized carbons (Fsp3) is 0.538. The molecule has 15 heteroatoms. The number of phenols is 1. The van der Waals surface area contributed by atoms with Crippen LogP contribution >= 0.6 is 0 Å². The number of benzene rings is 1. The number of rotatable bonds is 6. The van der Waals surface area contributed by atoms with E-state index in [4.69, 9.17) is 29.2 Å². The van der Waals surface area contributed by atoms with Gasteiger partial charge in [0.15, 0.2) is 23.7 Å². The second-order valence-corrected chi connectivity index (χ2v) is 10.4. The predicted molar refractivity (Wildman–Crippen MR) is 129 cm³/mol. The van der Waals surface area contributed by atoms with Crippen LogP contribution in [0.15, 0.2) is 24.0 Å². The molecular weight excluding hydrogens is 559 g/mol. The summed E-state index contributed by atoms with van der Waals surface area (Å²) in [6, 6.07) is 3.27. The van der Waals surface area contributed by atoms with Crippen LogP contribution in [-0.2, 0) is 40.5 Å². The number of ether oxygens (including phenoxy) is 3. The summed E-state index contributed by atoms with van der Waals surface area (Å²) in [5.74, 6) is -5.07. The van der Waals surface area contributed by atoms with Crippen molar-refractivity contribution in [3.63, 3.8) is 0 Å². The van der Waals surface area contributed by atoms with Gasteiger partial charge in [-0.05, 0) is 51.1 Å². The van der Waals surface area contributed by atoms with Crippen molar-refractivity contribution < 1.29 is 67.0 Å². The zero-order valence-electron chi connectivity index (χ0n) is 21.9. The quantitative estimate of drug-likeness (QED) is 0.354. The minimum Gasteiger partial charge on any atom is -0.504 e. The highest BCUT2D eigenvalue weighted by Gasteiger charge is 2.72. The van der Waals surface area contributed by atoms with Crippen molar-refractivity contribution in [1.82, 2.24) is 4.90 Å². The third-order valence-electron chi connectivity index (χ3n) is 8.00. The molecule has 1 saturated heterocycles. The molecule has 224 valence electrons. The molecule has 12 nitrogen and oxygen atoms in total. The Morgan fingerprint density at radius 1 is 1.20 bits per heavy atom. The molecule has 4 aliphatic rings. The molecule has 1 fully saturated rings. The number of likely N-dealkylation sites (N-methyl/N-ethyl adjacent to an activating group) is 1. The summed E-state index contributed by atoms with van der Waals surface area (Å²) in [7, 11) is 1.98. The average molecular weight is 588 g/mol. The Bertz CT molecular complexity index is 1310. The number of carbonyl (C=O) groups is 4. The number of esters is 2. The number of hydrogen-bond donors (Lipinski definition) is 4.